The number of methoxy groups -OCH3 is 1. The molecule has 1 aromatic carbocycles. The van der Waals surface area contributed by atoms with Crippen molar-refractivity contribution < 1.29 is 29.6 Å². The number of phenolic OH excluding ortho intramolecular Hbond substituents is 3. The van der Waals surface area contributed by atoms with Crippen molar-refractivity contribution in [3.63, 3.8) is 0 Å². The number of Topliss-reactive ketones (excluding diaryl/α,β-unsaturated/α-hetero) is 2. The lowest BCUT2D eigenvalue weighted by Gasteiger charge is -2.21. The topological polar surface area (TPSA) is 104 Å². The van der Waals surface area contributed by atoms with E-state index in [-0.39, 0.29) is 12.0 Å². The maximum Gasteiger partial charge on any atom is 0.234 e. The number of hydrogen-bond donors (Lipinski definition) is 3. The number of rotatable bonds is 2. The van der Waals surface area contributed by atoms with Crippen LogP contribution in [0.2, 0.25) is 0 Å². The molecule has 1 aliphatic carbocycles. The fraction of sp³-hybridized carbons (Fsp3) is 0.231. The van der Waals surface area contributed by atoms with Crippen molar-refractivity contribution in [2.45, 2.75) is 13.3 Å². The van der Waals surface area contributed by atoms with Crippen molar-refractivity contribution >= 4 is 23.2 Å². The average Bonchev–Trinajstić information content (AvgIpc) is 2.41. The minimum atomic E-state index is -0.877. The molecule has 6 nitrogen and oxygen atoms in total. The van der Waals surface area contributed by atoms with Gasteiger partial charge in [0.1, 0.15) is 10.8 Å². The highest BCUT2D eigenvalue weighted by Gasteiger charge is 2.39. The van der Waals surface area contributed by atoms with Crippen molar-refractivity contribution in [1.29, 1.82) is 0 Å². The molecule has 0 aliphatic heterocycles. The molecule has 1 aliphatic rings. The Balaban J connectivity index is 2.91. The summed E-state index contributed by atoms with van der Waals surface area (Å²) in [6, 6.07) is 0. The molecule has 1 aromatic rings. The summed E-state index contributed by atoms with van der Waals surface area (Å²) >= 11 is 5.74. The number of hydrogen-bond acceptors (Lipinski definition) is 6. The van der Waals surface area contributed by atoms with E-state index >= 15 is 0 Å². The molecule has 2 rings (SSSR count). The molecular formula is C13H11ClO6. The van der Waals surface area contributed by atoms with Crippen molar-refractivity contribution in [2.75, 3.05) is 7.11 Å². The molecular weight excluding hydrogens is 288 g/mol. The van der Waals surface area contributed by atoms with Crippen molar-refractivity contribution in [3.8, 4) is 17.2 Å². The summed E-state index contributed by atoms with van der Waals surface area (Å²) in [6.45, 7) is 1.60. The monoisotopic (exact) mass is 298 g/mol. The molecule has 0 amide bonds. The summed E-state index contributed by atoms with van der Waals surface area (Å²) in [5, 5.41) is 29.3. The number of halogens is 1. The predicted molar refractivity (Wildman–Crippen MR) is 69.4 cm³/mol. The minimum Gasteiger partial charge on any atom is -0.507 e. The summed E-state index contributed by atoms with van der Waals surface area (Å²) in [5.74, 6) is -4.14. The first-order valence-corrected chi connectivity index (χ1v) is 6.07. The number of benzene rings is 1. The third-order valence-corrected chi connectivity index (χ3v) is 3.48. The molecule has 0 saturated carbocycles. The molecule has 7 heteroatoms. The van der Waals surface area contributed by atoms with E-state index in [1.807, 2.05) is 0 Å². The SMILES string of the molecule is CCc1c(O)c(O)c2c(c1O)C(=O)C(Cl)=C(OC)C2=O. The normalized spacial score (nSPS) is 14.6. The Labute approximate surface area is 118 Å². The molecule has 0 unspecified atom stereocenters. The Morgan fingerprint density at radius 2 is 1.55 bits per heavy atom. The number of phenols is 3. The highest BCUT2D eigenvalue weighted by molar-refractivity contribution is 6.50. The van der Waals surface area contributed by atoms with Gasteiger partial charge in [0.15, 0.2) is 17.3 Å². The fourth-order valence-corrected chi connectivity index (χ4v) is 2.40. The van der Waals surface area contributed by atoms with Gasteiger partial charge in [-0.1, -0.05) is 18.5 Å². The second-order valence-corrected chi connectivity index (χ2v) is 4.51. The van der Waals surface area contributed by atoms with E-state index in [9.17, 15) is 24.9 Å². The van der Waals surface area contributed by atoms with E-state index in [2.05, 4.69) is 0 Å². The van der Waals surface area contributed by atoms with Gasteiger partial charge in [0.2, 0.25) is 11.6 Å². The average molecular weight is 299 g/mol. The molecule has 0 heterocycles. The van der Waals surface area contributed by atoms with Crippen LogP contribution in [0, 0.1) is 0 Å². The molecule has 3 N–H and O–H groups in total. The van der Waals surface area contributed by atoms with Crippen LogP contribution in [-0.4, -0.2) is 34.0 Å². The Kier molecular flexibility index (Phi) is 3.35. The number of ether oxygens (including phenoxy) is 1. The lowest BCUT2D eigenvalue weighted by Crippen LogP contribution is -2.22. The zero-order valence-corrected chi connectivity index (χ0v) is 11.4. The van der Waals surface area contributed by atoms with E-state index in [4.69, 9.17) is 16.3 Å². The summed E-state index contributed by atoms with van der Waals surface area (Å²) in [4.78, 5) is 24.2. The molecule has 20 heavy (non-hydrogen) atoms. The standard InChI is InChI=1S/C13H11ClO6/c1-3-4-8(15)5-6(11(18)9(4)16)12(19)13(20-2)7(14)10(5)17/h15-16,18H,3H2,1-2H3. The maximum absolute atomic E-state index is 12.1. The van der Waals surface area contributed by atoms with E-state index < -0.39 is 50.7 Å². The van der Waals surface area contributed by atoms with Crippen LogP contribution >= 0.6 is 11.6 Å². The zero-order chi connectivity index (χ0) is 15.2. The van der Waals surface area contributed by atoms with E-state index in [1.54, 1.807) is 6.92 Å². The Morgan fingerprint density at radius 3 is 2.05 bits per heavy atom. The number of carbonyl (C=O) groups is 2. The summed E-state index contributed by atoms with van der Waals surface area (Å²) in [7, 11) is 1.14. The van der Waals surface area contributed by atoms with Crippen molar-refractivity contribution in [2.24, 2.45) is 0 Å². The Morgan fingerprint density at radius 1 is 1.00 bits per heavy atom. The van der Waals surface area contributed by atoms with Crippen molar-refractivity contribution in [3.05, 3.63) is 27.5 Å². The highest BCUT2D eigenvalue weighted by Crippen LogP contribution is 2.46. The van der Waals surface area contributed by atoms with Gasteiger partial charge in [0.25, 0.3) is 0 Å². The number of ketones is 2. The smallest absolute Gasteiger partial charge is 0.234 e. The van der Waals surface area contributed by atoms with Crippen LogP contribution in [0.1, 0.15) is 33.2 Å². The Bertz CT molecular complexity index is 674. The van der Waals surface area contributed by atoms with Gasteiger partial charge in [-0.25, -0.2) is 0 Å². The quantitative estimate of drug-likeness (QED) is 0.568. The molecule has 0 aromatic heterocycles. The number of allylic oxidation sites excluding steroid dienone is 2. The van der Waals surface area contributed by atoms with Gasteiger partial charge >= 0.3 is 0 Å². The minimum absolute atomic E-state index is 0.0345. The van der Waals surface area contributed by atoms with Gasteiger partial charge < -0.3 is 20.1 Å². The first kappa shape index (κ1) is 14.2. The van der Waals surface area contributed by atoms with E-state index in [0.29, 0.717) is 0 Å². The molecule has 0 bridgehead atoms. The van der Waals surface area contributed by atoms with Gasteiger partial charge in [-0.2, -0.15) is 0 Å². The van der Waals surface area contributed by atoms with E-state index in [1.165, 1.54) is 0 Å². The largest absolute Gasteiger partial charge is 0.507 e. The molecule has 0 fully saturated rings. The van der Waals surface area contributed by atoms with Crippen LogP contribution in [0.15, 0.2) is 10.8 Å². The fourth-order valence-electron chi connectivity index (χ4n) is 2.15. The maximum atomic E-state index is 12.1. The van der Waals surface area contributed by atoms with Gasteiger partial charge in [0, 0.05) is 5.56 Å². The van der Waals surface area contributed by atoms with Gasteiger partial charge in [0.05, 0.1) is 18.2 Å². The van der Waals surface area contributed by atoms with E-state index in [0.717, 1.165) is 7.11 Å². The summed E-state index contributed by atoms with van der Waals surface area (Å²) < 4.78 is 4.74. The van der Waals surface area contributed by atoms with Crippen LogP contribution in [0.25, 0.3) is 0 Å². The molecule has 0 radical (unpaired) electrons. The number of carbonyl (C=O) groups excluding carboxylic acids is 2. The second kappa shape index (κ2) is 4.72. The Hall–Kier alpha value is -2.21. The van der Waals surface area contributed by atoms with Crippen LogP contribution < -0.4 is 0 Å². The van der Waals surface area contributed by atoms with Gasteiger partial charge in [-0.3, -0.25) is 9.59 Å². The van der Waals surface area contributed by atoms with Crippen molar-refractivity contribution in [1.82, 2.24) is 0 Å². The lowest BCUT2D eigenvalue weighted by atomic mass is 9.88. The van der Waals surface area contributed by atoms with Gasteiger partial charge in [-0.15, -0.1) is 0 Å². The molecule has 0 atom stereocenters. The predicted octanol–water partition coefficient (Wildman–Crippen LogP) is 1.84. The van der Waals surface area contributed by atoms with Crippen LogP contribution in [0.3, 0.4) is 0 Å². The van der Waals surface area contributed by atoms with Gasteiger partial charge in [-0.05, 0) is 6.42 Å². The zero-order valence-electron chi connectivity index (χ0n) is 10.7. The number of aromatic hydroxyl groups is 3. The summed E-state index contributed by atoms with van der Waals surface area (Å²) in [5.41, 5.74) is -0.968. The second-order valence-electron chi connectivity index (χ2n) is 4.13. The highest BCUT2D eigenvalue weighted by atomic mass is 35.5. The third-order valence-electron chi connectivity index (χ3n) is 3.14. The lowest BCUT2D eigenvalue weighted by molar-refractivity contribution is 0.0907. The first-order chi connectivity index (χ1) is 9.36. The van der Waals surface area contributed by atoms with Crippen LogP contribution in [0.4, 0.5) is 0 Å². The summed E-state index contributed by atoms with van der Waals surface area (Å²) in [6.07, 6.45) is 0.151. The molecule has 106 valence electrons. The third kappa shape index (κ3) is 1.65. The molecule has 0 spiro atoms. The molecule has 0 saturated heterocycles. The van der Waals surface area contributed by atoms with Crippen LogP contribution in [-0.2, 0) is 11.2 Å². The number of fused-ring (bicyclic) bond motifs is 1. The first-order valence-electron chi connectivity index (χ1n) is 5.69. The van der Waals surface area contributed by atoms with Crippen LogP contribution in [0.5, 0.6) is 17.2 Å².